The molecule has 0 aliphatic rings. The highest BCUT2D eigenvalue weighted by atomic mass is 16.9. The van der Waals surface area contributed by atoms with Crippen molar-refractivity contribution in [3.05, 3.63) is 33.9 Å². The van der Waals surface area contributed by atoms with Crippen LogP contribution >= 0.6 is 0 Å². The molecule has 1 rings (SSSR count). The smallest absolute Gasteiger partial charge is 0.338 e. The van der Waals surface area contributed by atoms with Gasteiger partial charge in [-0.1, -0.05) is 0 Å². The Hall–Kier alpha value is -2.88. The zero-order valence-electron chi connectivity index (χ0n) is 13.1. The molecule has 0 saturated heterocycles. The summed E-state index contributed by atoms with van der Waals surface area (Å²) in [5.74, 6) is -0.909. The van der Waals surface area contributed by atoms with Gasteiger partial charge in [0.1, 0.15) is 0 Å². The lowest BCUT2D eigenvalue weighted by Crippen LogP contribution is -2.19. The van der Waals surface area contributed by atoms with E-state index < -0.39 is 17.0 Å². The number of carbonyl (C=O) groups is 2. The zero-order chi connectivity index (χ0) is 17.9. The minimum absolute atomic E-state index is 0.0560. The molecule has 0 fully saturated rings. The Labute approximate surface area is 137 Å². The van der Waals surface area contributed by atoms with Gasteiger partial charge < -0.3 is 24.8 Å². The number of rotatable bonds is 10. The molecule has 132 valence electrons. The average Bonchev–Trinajstić information content (AvgIpc) is 2.57. The van der Waals surface area contributed by atoms with Crippen molar-refractivity contribution >= 4 is 11.9 Å². The molecule has 0 aliphatic carbocycles. The van der Waals surface area contributed by atoms with Crippen molar-refractivity contribution < 1.29 is 33.7 Å². The molecular formula is C14H18N2O8. The maximum Gasteiger partial charge on any atom is 0.338 e. The first-order chi connectivity index (χ1) is 11.5. The molecule has 0 bridgehead atoms. The Balaban J connectivity index is 2.52. The molecule has 0 unspecified atom stereocenters. The van der Waals surface area contributed by atoms with E-state index in [1.807, 2.05) is 0 Å². The Kier molecular flexibility index (Phi) is 7.99. The number of benzene rings is 1. The van der Waals surface area contributed by atoms with Gasteiger partial charge in [0.05, 0.1) is 32.4 Å². The van der Waals surface area contributed by atoms with Gasteiger partial charge in [0, 0.05) is 0 Å². The van der Waals surface area contributed by atoms with Crippen molar-refractivity contribution in [1.29, 1.82) is 0 Å². The van der Waals surface area contributed by atoms with Crippen LogP contribution in [0, 0.1) is 10.1 Å². The van der Waals surface area contributed by atoms with Gasteiger partial charge >= 0.3 is 11.9 Å². The van der Waals surface area contributed by atoms with E-state index >= 15 is 0 Å². The number of methoxy groups -OCH3 is 1. The van der Waals surface area contributed by atoms with Crippen LogP contribution in [-0.4, -0.2) is 43.9 Å². The molecule has 2 N–H and O–H groups in total. The fourth-order valence-corrected chi connectivity index (χ4v) is 1.63. The minimum Gasteiger partial charge on any atom is -0.493 e. The molecule has 1 aromatic rings. The zero-order valence-corrected chi connectivity index (χ0v) is 13.1. The molecule has 0 spiro atoms. The van der Waals surface area contributed by atoms with Gasteiger partial charge in [-0.25, -0.2) is 4.79 Å². The van der Waals surface area contributed by atoms with Crippen LogP contribution < -0.4 is 15.2 Å². The Morgan fingerprint density at radius 3 is 2.54 bits per heavy atom. The van der Waals surface area contributed by atoms with Crippen molar-refractivity contribution in [1.82, 2.24) is 0 Å². The van der Waals surface area contributed by atoms with Gasteiger partial charge in [0.25, 0.3) is 5.09 Å². The third kappa shape index (κ3) is 6.48. The first kappa shape index (κ1) is 19.2. The van der Waals surface area contributed by atoms with E-state index in [2.05, 4.69) is 4.84 Å². The third-order valence-electron chi connectivity index (χ3n) is 2.76. The van der Waals surface area contributed by atoms with Gasteiger partial charge in [-0.05, 0) is 31.0 Å². The van der Waals surface area contributed by atoms with Crippen LogP contribution in [0.3, 0.4) is 0 Å². The third-order valence-corrected chi connectivity index (χ3v) is 2.76. The second-order valence-electron chi connectivity index (χ2n) is 4.44. The Morgan fingerprint density at radius 1 is 1.21 bits per heavy atom. The SMILES string of the molecule is COc1cc(C(=O)OCCCCO[N+](=O)[O-])ccc1OC(=O)CN. The standard InChI is InChI=1S/C14H18N2O8/c1-21-12-8-10(4-5-11(12)24-13(17)9-15)14(18)22-6-2-3-7-23-16(19)20/h4-5,8H,2-3,6-7,9,15H2,1H3. The lowest BCUT2D eigenvalue weighted by molar-refractivity contribution is -0.757. The van der Waals surface area contributed by atoms with Crippen molar-refractivity contribution in [2.45, 2.75) is 12.8 Å². The summed E-state index contributed by atoms with van der Waals surface area (Å²) in [6, 6.07) is 4.19. The molecule has 24 heavy (non-hydrogen) atoms. The molecule has 0 amide bonds. The van der Waals surface area contributed by atoms with Crippen molar-refractivity contribution in [3.8, 4) is 11.5 Å². The van der Waals surface area contributed by atoms with E-state index in [-0.39, 0.29) is 36.8 Å². The van der Waals surface area contributed by atoms with Crippen LogP contribution in [0.4, 0.5) is 0 Å². The number of hydrogen-bond donors (Lipinski definition) is 1. The summed E-state index contributed by atoms with van der Waals surface area (Å²) in [5, 5.41) is 9.07. The Morgan fingerprint density at radius 2 is 1.92 bits per heavy atom. The van der Waals surface area contributed by atoms with Crippen molar-refractivity contribution in [2.24, 2.45) is 5.73 Å². The molecule has 10 nitrogen and oxygen atoms in total. The van der Waals surface area contributed by atoms with E-state index in [0.717, 1.165) is 0 Å². The lowest BCUT2D eigenvalue weighted by atomic mass is 10.2. The maximum absolute atomic E-state index is 11.9. The van der Waals surface area contributed by atoms with Crippen LogP contribution in [-0.2, 0) is 14.4 Å². The van der Waals surface area contributed by atoms with Crippen LogP contribution in [0.2, 0.25) is 0 Å². The number of hydrogen-bond acceptors (Lipinski definition) is 9. The number of nitrogens with zero attached hydrogens (tertiary/aromatic N) is 1. The molecule has 0 aromatic heterocycles. The molecule has 0 atom stereocenters. The van der Waals surface area contributed by atoms with Crippen LogP contribution in [0.25, 0.3) is 0 Å². The summed E-state index contributed by atoms with van der Waals surface area (Å²) in [6.07, 6.45) is 0.800. The minimum atomic E-state index is -0.878. The molecule has 0 radical (unpaired) electrons. The fraction of sp³-hybridized carbons (Fsp3) is 0.429. The van der Waals surface area contributed by atoms with E-state index in [1.165, 1.54) is 25.3 Å². The normalized spacial score (nSPS) is 9.92. The maximum atomic E-state index is 11.9. The average molecular weight is 342 g/mol. The van der Waals surface area contributed by atoms with E-state index in [4.69, 9.17) is 19.9 Å². The fourth-order valence-electron chi connectivity index (χ4n) is 1.63. The van der Waals surface area contributed by atoms with Gasteiger partial charge in [-0.2, -0.15) is 0 Å². The number of unbranched alkanes of at least 4 members (excludes halogenated alkanes) is 1. The van der Waals surface area contributed by atoms with Crippen LogP contribution in [0.5, 0.6) is 11.5 Å². The van der Waals surface area contributed by atoms with Gasteiger partial charge in [0.2, 0.25) is 0 Å². The van der Waals surface area contributed by atoms with Gasteiger partial charge in [-0.15, -0.1) is 10.1 Å². The first-order valence-corrected chi connectivity index (χ1v) is 7.01. The van der Waals surface area contributed by atoms with Crippen LogP contribution in [0.1, 0.15) is 23.2 Å². The predicted octanol–water partition coefficient (Wildman–Crippen LogP) is 0.705. The summed E-state index contributed by atoms with van der Waals surface area (Å²) in [7, 11) is 1.36. The molecule has 0 saturated carbocycles. The number of carbonyl (C=O) groups excluding carboxylic acids is 2. The second-order valence-corrected chi connectivity index (χ2v) is 4.44. The van der Waals surface area contributed by atoms with Crippen molar-refractivity contribution in [3.63, 3.8) is 0 Å². The molecule has 0 aliphatic heterocycles. The quantitative estimate of drug-likeness (QED) is 0.214. The van der Waals surface area contributed by atoms with E-state index in [9.17, 15) is 19.7 Å². The summed E-state index contributed by atoms with van der Waals surface area (Å²) in [4.78, 5) is 37.2. The number of nitrogens with two attached hydrogens (primary N) is 1. The number of ether oxygens (including phenoxy) is 3. The number of esters is 2. The van der Waals surface area contributed by atoms with E-state index in [0.29, 0.717) is 12.8 Å². The van der Waals surface area contributed by atoms with E-state index in [1.54, 1.807) is 0 Å². The largest absolute Gasteiger partial charge is 0.493 e. The molecule has 10 heteroatoms. The van der Waals surface area contributed by atoms with Crippen LogP contribution in [0.15, 0.2) is 18.2 Å². The molecule has 0 heterocycles. The highest BCUT2D eigenvalue weighted by molar-refractivity contribution is 5.90. The summed E-state index contributed by atoms with van der Waals surface area (Å²) in [5.41, 5.74) is 5.37. The summed E-state index contributed by atoms with van der Waals surface area (Å²) in [6.45, 7) is -0.251. The van der Waals surface area contributed by atoms with Crippen molar-refractivity contribution in [2.75, 3.05) is 26.9 Å². The topological polar surface area (TPSA) is 140 Å². The lowest BCUT2D eigenvalue weighted by Gasteiger charge is -2.10. The van der Waals surface area contributed by atoms with Gasteiger partial charge in [-0.3, -0.25) is 4.79 Å². The highest BCUT2D eigenvalue weighted by Gasteiger charge is 2.14. The Bertz CT molecular complexity index is 590. The summed E-state index contributed by atoms with van der Waals surface area (Å²) >= 11 is 0. The summed E-state index contributed by atoms with van der Waals surface area (Å²) < 4.78 is 15.0. The second kappa shape index (κ2) is 10.0. The first-order valence-electron chi connectivity index (χ1n) is 7.01. The molecule has 1 aromatic carbocycles. The predicted molar refractivity (Wildman–Crippen MR) is 80.1 cm³/mol. The monoisotopic (exact) mass is 342 g/mol. The van der Waals surface area contributed by atoms with Gasteiger partial charge in [0.15, 0.2) is 11.5 Å². The molecular weight excluding hydrogens is 324 g/mol. The highest BCUT2D eigenvalue weighted by Crippen LogP contribution is 2.28.